The third-order valence-electron chi connectivity index (χ3n) is 5.62. The van der Waals surface area contributed by atoms with Crippen LogP contribution in [0.3, 0.4) is 0 Å². The van der Waals surface area contributed by atoms with Crippen LogP contribution in [-0.2, 0) is 14.3 Å². The van der Waals surface area contributed by atoms with Crippen molar-refractivity contribution in [1.29, 1.82) is 5.26 Å². The molecular formula is C27H42N4O4. The van der Waals surface area contributed by atoms with Gasteiger partial charge in [-0.2, -0.15) is 5.26 Å². The molecule has 1 aromatic rings. The Balaban J connectivity index is 3.49. The lowest BCUT2D eigenvalue weighted by molar-refractivity contribution is -0.142. The number of nitrogens with zero attached hydrogens (tertiary/aromatic N) is 2. The lowest BCUT2D eigenvalue weighted by Crippen LogP contribution is -2.55. The number of ether oxygens (including phenoxy) is 1. The SMILES string of the molecule is CCCCNC(=O)C(c1cc(C)cc(C)c1)N(CC#N)C(=O)C(NC(=O)OC(C)(C)C)C(C)CC. The number of rotatable bonds is 11. The van der Waals surface area contributed by atoms with Crippen LogP contribution in [0, 0.1) is 31.1 Å². The van der Waals surface area contributed by atoms with Crippen LogP contribution in [0.1, 0.15) is 83.5 Å². The van der Waals surface area contributed by atoms with E-state index in [9.17, 15) is 19.6 Å². The quantitative estimate of drug-likeness (QED) is 0.352. The van der Waals surface area contributed by atoms with Gasteiger partial charge in [-0.25, -0.2) is 4.79 Å². The molecule has 0 bridgehead atoms. The number of amides is 3. The van der Waals surface area contributed by atoms with Gasteiger partial charge in [0.25, 0.3) is 0 Å². The molecule has 0 fully saturated rings. The zero-order chi connectivity index (χ0) is 26.8. The van der Waals surface area contributed by atoms with Crippen LogP contribution >= 0.6 is 0 Å². The van der Waals surface area contributed by atoms with Gasteiger partial charge in [0, 0.05) is 6.54 Å². The van der Waals surface area contributed by atoms with Gasteiger partial charge in [0.2, 0.25) is 11.8 Å². The molecule has 8 heteroatoms. The molecule has 0 aromatic heterocycles. The first kappa shape index (κ1) is 30.0. The summed E-state index contributed by atoms with van der Waals surface area (Å²) in [7, 11) is 0. The number of nitriles is 1. The van der Waals surface area contributed by atoms with E-state index in [0.29, 0.717) is 18.5 Å². The minimum atomic E-state index is -1.01. The molecule has 194 valence electrons. The molecule has 1 rings (SSSR count). The Morgan fingerprint density at radius 3 is 2.20 bits per heavy atom. The lowest BCUT2D eigenvalue weighted by Gasteiger charge is -2.34. The Morgan fingerprint density at radius 1 is 1.11 bits per heavy atom. The second-order valence-electron chi connectivity index (χ2n) is 10.1. The van der Waals surface area contributed by atoms with E-state index in [1.807, 2.05) is 58.9 Å². The molecule has 3 unspecified atom stereocenters. The van der Waals surface area contributed by atoms with E-state index in [1.54, 1.807) is 20.8 Å². The second-order valence-corrected chi connectivity index (χ2v) is 10.1. The Labute approximate surface area is 210 Å². The van der Waals surface area contributed by atoms with Gasteiger partial charge >= 0.3 is 6.09 Å². The van der Waals surface area contributed by atoms with E-state index in [-0.39, 0.29) is 18.4 Å². The Hall–Kier alpha value is -3.08. The van der Waals surface area contributed by atoms with Crippen LogP contribution in [0.15, 0.2) is 18.2 Å². The predicted octanol–water partition coefficient (Wildman–Crippen LogP) is 4.55. The number of carbonyl (C=O) groups excluding carboxylic acids is 3. The summed E-state index contributed by atoms with van der Waals surface area (Å²) in [6, 6.07) is 5.76. The van der Waals surface area contributed by atoms with Crippen LogP contribution in [0.2, 0.25) is 0 Å². The van der Waals surface area contributed by atoms with Crippen molar-refractivity contribution in [3.8, 4) is 6.07 Å². The zero-order valence-electron chi connectivity index (χ0n) is 22.5. The maximum absolute atomic E-state index is 13.9. The third kappa shape index (κ3) is 9.59. The largest absolute Gasteiger partial charge is 0.444 e. The van der Waals surface area contributed by atoms with E-state index in [1.165, 1.54) is 4.90 Å². The number of nitrogens with one attached hydrogen (secondary N) is 2. The summed E-state index contributed by atoms with van der Waals surface area (Å²) in [6.45, 7) is 15.0. The van der Waals surface area contributed by atoms with Crippen molar-refractivity contribution in [2.45, 2.75) is 92.3 Å². The van der Waals surface area contributed by atoms with Crippen molar-refractivity contribution in [2.75, 3.05) is 13.1 Å². The summed E-state index contributed by atoms with van der Waals surface area (Å²) in [5.74, 6) is -1.10. The first-order valence-corrected chi connectivity index (χ1v) is 12.4. The Kier molecular flexibility index (Phi) is 11.7. The summed E-state index contributed by atoms with van der Waals surface area (Å²) in [6.07, 6.45) is 1.59. The van der Waals surface area contributed by atoms with Crippen LogP contribution in [0.5, 0.6) is 0 Å². The first-order valence-electron chi connectivity index (χ1n) is 12.4. The topological polar surface area (TPSA) is 112 Å². The fourth-order valence-electron chi connectivity index (χ4n) is 3.79. The van der Waals surface area contributed by atoms with Crippen LogP contribution in [0.25, 0.3) is 0 Å². The van der Waals surface area contributed by atoms with Gasteiger partial charge in [0.15, 0.2) is 0 Å². The van der Waals surface area contributed by atoms with E-state index in [2.05, 4.69) is 10.6 Å². The van der Waals surface area contributed by atoms with Crippen LogP contribution < -0.4 is 10.6 Å². The van der Waals surface area contributed by atoms with Gasteiger partial charge in [0.1, 0.15) is 24.2 Å². The van der Waals surface area contributed by atoms with E-state index < -0.39 is 29.7 Å². The normalized spacial score (nSPS) is 13.7. The molecule has 0 spiro atoms. The lowest BCUT2D eigenvalue weighted by atomic mass is 9.94. The summed E-state index contributed by atoms with van der Waals surface area (Å²) >= 11 is 0. The smallest absolute Gasteiger partial charge is 0.408 e. The molecule has 8 nitrogen and oxygen atoms in total. The van der Waals surface area contributed by atoms with Crippen molar-refractivity contribution in [3.63, 3.8) is 0 Å². The van der Waals surface area contributed by atoms with Crippen molar-refractivity contribution in [1.82, 2.24) is 15.5 Å². The number of hydrogen-bond acceptors (Lipinski definition) is 5. The molecule has 0 saturated heterocycles. The van der Waals surface area contributed by atoms with E-state index >= 15 is 0 Å². The van der Waals surface area contributed by atoms with Gasteiger partial charge < -0.3 is 20.3 Å². The fraction of sp³-hybridized carbons (Fsp3) is 0.630. The minimum Gasteiger partial charge on any atom is -0.444 e. The second kappa shape index (κ2) is 13.7. The van der Waals surface area contributed by atoms with Gasteiger partial charge in [0.05, 0.1) is 6.07 Å². The van der Waals surface area contributed by atoms with Gasteiger partial charge in [-0.1, -0.05) is 62.9 Å². The number of benzene rings is 1. The molecule has 0 aliphatic rings. The predicted molar refractivity (Wildman–Crippen MR) is 137 cm³/mol. The van der Waals surface area contributed by atoms with Crippen molar-refractivity contribution in [2.24, 2.45) is 5.92 Å². The summed E-state index contributed by atoms with van der Waals surface area (Å²) in [5, 5.41) is 15.2. The van der Waals surface area contributed by atoms with Gasteiger partial charge in [-0.15, -0.1) is 0 Å². The number of unbranched alkanes of at least 4 members (excludes halogenated alkanes) is 1. The van der Waals surface area contributed by atoms with Crippen molar-refractivity contribution >= 4 is 17.9 Å². The third-order valence-corrected chi connectivity index (χ3v) is 5.62. The molecule has 0 aliphatic heterocycles. The van der Waals surface area contributed by atoms with Crippen molar-refractivity contribution < 1.29 is 19.1 Å². The highest BCUT2D eigenvalue weighted by atomic mass is 16.6. The molecule has 0 radical (unpaired) electrons. The van der Waals surface area contributed by atoms with E-state index in [4.69, 9.17) is 4.74 Å². The summed E-state index contributed by atoms with van der Waals surface area (Å²) < 4.78 is 5.38. The number of hydrogen-bond donors (Lipinski definition) is 2. The minimum absolute atomic E-state index is 0.251. The molecule has 1 aromatic carbocycles. The van der Waals surface area contributed by atoms with Crippen LogP contribution in [-0.4, -0.2) is 47.5 Å². The Bertz CT molecular complexity index is 896. The maximum atomic E-state index is 13.9. The number of alkyl carbamates (subject to hydrolysis) is 1. The maximum Gasteiger partial charge on any atom is 0.408 e. The highest BCUT2D eigenvalue weighted by molar-refractivity contribution is 5.92. The molecule has 0 heterocycles. The fourth-order valence-corrected chi connectivity index (χ4v) is 3.79. The van der Waals surface area contributed by atoms with Gasteiger partial charge in [-0.05, 0) is 52.5 Å². The summed E-state index contributed by atoms with van der Waals surface area (Å²) in [4.78, 5) is 41.1. The molecule has 0 saturated carbocycles. The van der Waals surface area contributed by atoms with E-state index in [0.717, 1.165) is 24.0 Å². The molecule has 3 amide bonds. The molecular weight excluding hydrogens is 444 g/mol. The highest BCUT2D eigenvalue weighted by Crippen LogP contribution is 2.26. The number of aryl methyl sites for hydroxylation is 2. The zero-order valence-corrected chi connectivity index (χ0v) is 22.5. The molecule has 3 atom stereocenters. The molecule has 35 heavy (non-hydrogen) atoms. The average molecular weight is 487 g/mol. The number of carbonyl (C=O) groups is 3. The monoisotopic (exact) mass is 486 g/mol. The first-order chi connectivity index (χ1) is 16.3. The van der Waals surface area contributed by atoms with Crippen LogP contribution in [0.4, 0.5) is 4.79 Å². The average Bonchev–Trinajstić information content (AvgIpc) is 2.74. The summed E-state index contributed by atoms with van der Waals surface area (Å²) in [5.41, 5.74) is 1.78. The highest BCUT2D eigenvalue weighted by Gasteiger charge is 2.38. The molecule has 0 aliphatic carbocycles. The molecule has 2 N–H and O–H groups in total. The Morgan fingerprint density at radius 2 is 1.71 bits per heavy atom. The van der Waals surface area contributed by atoms with Gasteiger partial charge in [-0.3, -0.25) is 9.59 Å². The standard InChI is InChI=1S/C27H42N4O4/c1-9-11-13-29-24(32)23(21-16-18(3)15-19(4)17-21)31(14-12-28)25(33)22(20(5)10-2)30-26(34)35-27(6,7)8/h15-17,20,22-23H,9-11,13-14H2,1-8H3,(H,29,32)(H,30,34). The van der Waals surface area contributed by atoms with Crippen molar-refractivity contribution in [3.05, 3.63) is 34.9 Å².